The lowest BCUT2D eigenvalue weighted by molar-refractivity contribution is 0.193. The Kier molecular flexibility index (Phi) is 5.69. The van der Waals surface area contributed by atoms with Gasteiger partial charge in [0.2, 0.25) is 0 Å². The van der Waals surface area contributed by atoms with E-state index in [1.165, 1.54) is 5.56 Å². The molecule has 2 nitrogen and oxygen atoms in total. The SMILES string of the molecule is COCCCNC(C)c1cccc(Cl)c1. The molecule has 0 bridgehead atoms. The van der Waals surface area contributed by atoms with Crippen LogP contribution in [0.1, 0.15) is 24.9 Å². The van der Waals surface area contributed by atoms with Crippen molar-refractivity contribution in [2.24, 2.45) is 0 Å². The third kappa shape index (κ3) is 4.65. The van der Waals surface area contributed by atoms with Gasteiger partial charge in [-0.3, -0.25) is 0 Å². The molecule has 0 aliphatic carbocycles. The van der Waals surface area contributed by atoms with Crippen molar-refractivity contribution in [1.29, 1.82) is 0 Å². The van der Waals surface area contributed by atoms with Gasteiger partial charge in [0.05, 0.1) is 0 Å². The van der Waals surface area contributed by atoms with E-state index < -0.39 is 0 Å². The number of benzene rings is 1. The van der Waals surface area contributed by atoms with E-state index >= 15 is 0 Å². The Morgan fingerprint density at radius 3 is 2.93 bits per heavy atom. The number of methoxy groups -OCH3 is 1. The summed E-state index contributed by atoms with van der Waals surface area (Å²) in [5.41, 5.74) is 1.22. The summed E-state index contributed by atoms with van der Waals surface area (Å²) >= 11 is 5.92. The average Bonchev–Trinajstić information content (AvgIpc) is 2.24. The summed E-state index contributed by atoms with van der Waals surface area (Å²) in [5.74, 6) is 0. The smallest absolute Gasteiger partial charge is 0.0474 e. The van der Waals surface area contributed by atoms with Crippen LogP contribution in [0.4, 0.5) is 0 Å². The van der Waals surface area contributed by atoms with E-state index in [0.29, 0.717) is 6.04 Å². The van der Waals surface area contributed by atoms with Crippen molar-refractivity contribution in [2.75, 3.05) is 20.3 Å². The molecule has 1 aromatic carbocycles. The molecule has 1 aromatic rings. The fourth-order valence-corrected chi connectivity index (χ4v) is 1.63. The Morgan fingerprint density at radius 1 is 1.47 bits per heavy atom. The minimum Gasteiger partial charge on any atom is -0.385 e. The highest BCUT2D eigenvalue weighted by Gasteiger charge is 2.03. The minimum atomic E-state index is 0.334. The van der Waals surface area contributed by atoms with Gasteiger partial charge in [-0.15, -0.1) is 0 Å². The fourth-order valence-electron chi connectivity index (χ4n) is 1.43. The summed E-state index contributed by atoms with van der Waals surface area (Å²) < 4.78 is 4.99. The van der Waals surface area contributed by atoms with Gasteiger partial charge in [0, 0.05) is 24.8 Å². The van der Waals surface area contributed by atoms with Gasteiger partial charge in [-0.25, -0.2) is 0 Å². The van der Waals surface area contributed by atoms with Gasteiger partial charge < -0.3 is 10.1 Å². The van der Waals surface area contributed by atoms with E-state index in [2.05, 4.69) is 18.3 Å². The van der Waals surface area contributed by atoms with E-state index in [1.54, 1.807) is 7.11 Å². The fraction of sp³-hybridized carbons (Fsp3) is 0.500. The van der Waals surface area contributed by atoms with Crippen LogP contribution < -0.4 is 5.32 Å². The predicted octanol–water partition coefficient (Wildman–Crippen LogP) is 3.03. The van der Waals surface area contributed by atoms with Crippen LogP contribution in [0, 0.1) is 0 Å². The number of rotatable bonds is 6. The van der Waals surface area contributed by atoms with Crippen LogP contribution in [0.3, 0.4) is 0 Å². The maximum atomic E-state index is 5.92. The van der Waals surface area contributed by atoms with Crippen LogP contribution in [0.2, 0.25) is 5.02 Å². The Morgan fingerprint density at radius 2 is 2.27 bits per heavy atom. The first-order valence-corrected chi connectivity index (χ1v) is 5.59. The molecule has 1 rings (SSSR count). The van der Waals surface area contributed by atoms with Crippen molar-refractivity contribution in [3.8, 4) is 0 Å². The molecule has 0 spiro atoms. The standard InChI is InChI=1S/C12H18ClNO/c1-10(14-7-4-8-15-2)11-5-3-6-12(13)9-11/h3,5-6,9-10,14H,4,7-8H2,1-2H3. The lowest BCUT2D eigenvalue weighted by Crippen LogP contribution is -2.20. The summed E-state index contributed by atoms with van der Waals surface area (Å²) in [7, 11) is 1.72. The molecule has 1 unspecified atom stereocenters. The Bertz CT molecular complexity index is 291. The van der Waals surface area contributed by atoms with Crippen molar-refractivity contribution in [2.45, 2.75) is 19.4 Å². The van der Waals surface area contributed by atoms with Crippen LogP contribution in [-0.4, -0.2) is 20.3 Å². The molecule has 15 heavy (non-hydrogen) atoms. The second-order valence-electron chi connectivity index (χ2n) is 3.58. The van der Waals surface area contributed by atoms with Crippen molar-refractivity contribution in [1.82, 2.24) is 5.32 Å². The molecule has 3 heteroatoms. The zero-order valence-electron chi connectivity index (χ0n) is 9.29. The molecule has 0 saturated carbocycles. The number of nitrogens with one attached hydrogen (secondary N) is 1. The Labute approximate surface area is 96.6 Å². The van der Waals surface area contributed by atoms with E-state index in [4.69, 9.17) is 16.3 Å². The molecule has 0 radical (unpaired) electrons. The summed E-state index contributed by atoms with van der Waals surface area (Å²) in [5, 5.41) is 4.21. The highest BCUT2D eigenvalue weighted by molar-refractivity contribution is 6.30. The second-order valence-corrected chi connectivity index (χ2v) is 4.01. The summed E-state index contributed by atoms with van der Waals surface area (Å²) in [4.78, 5) is 0. The lowest BCUT2D eigenvalue weighted by atomic mass is 10.1. The highest BCUT2D eigenvalue weighted by Crippen LogP contribution is 2.16. The van der Waals surface area contributed by atoms with Gasteiger partial charge in [-0.2, -0.15) is 0 Å². The van der Waals surface area contributed by atoms with Crippen LogP contribution in [0.25, 0.3) is 0 Å². The molecule has 84 valence electrons. The largest absolute Gasteiger partial charge is 0.385 e. The summed E-state index contributed by atoms with van der Waals surface area (Å²) in [6.45, 7) is 3.90. The van der Waals surface area contributed by atoms with Crippen molar-refractivity contribution in [3.63, 3.8) is 0 Å². The third-order valence-corrected chi connectivity index (χ3v) is 2.56. The van der Waals surface area contributed by atoms with E-state index in [0.717, 1.165) is 24.6 Å². The highest BCUT2D eigenvalue weighted by atomic mass is 35.5. The normalized spacial score (nSPS) is 12.7. The van der Waals surface area contributed by atoms with Crippen LogP contribution >= 0.6 is 11.6 Å². The number of hydrogen-bond acceptors (Lipinski definition) is 2. The monoisotopic (exact) mass is 227 g/mol. The zero-order chi connectivity index (χ0) is 11.1. The molecular weight excluding hydrogens is 210 g/mol. The molecule has 0 heterocycles. The van der Waals surface area contributed by atoms with Gasteiger partial charge in [-0.1, -0.05) is 23.7 Å². The number of ether oxygens (including phenoxy) is 1. The average molecular weight is 228 g/mol. The summed E-state index contributed by atoms with van der Waals surface area (Å²) in [6.07, 6.45) is 1.03. The van der Waals surface area contributed by atoms with Gasteiger partial charge in [0.15, 0.2) is 0 Å². The maximum Gasteiger partial charge on any atom is 0.0474 e. The Balaban J connectivity index is 2.36. The van der Waals surface area contributed by atoms with Gasteiger partial charge in [-0.05, 0) is 37.6 Å². The van der Waals surface area contributed by atoms with Gasteiger partial charge in [0.25, 0.3) is 0 Å². The molecule has 0 fully saturated rings. The Hall–Kier alpha value is -0.570. The van der Waals surface area contributed by atoms with Gasteiger partial charge >= 0.3 is 0 Å². The van der Waals surface area contributed by atoms with Crippen molar-refractivity contribution < 1.29 is 4.74 Å². The summed E-state index contributed by atoms with van der Waals surface area (Å²) in [6, 6.07) is 8.28. The van der Waals surface area contributed by atoms with Crippen LogP contribution in [0.5, 0.6) is 0 Å². The van der Waals surface area contributed by atoms with E-state index in [9.17, 15) is 0 Å². The molecule has 0 aromatic heterocycles. The molecular formula is C12H18ClNO. The first kappa shape index (κ1) is 12.5. The first-order valence-electron chi connectivity index (χ1n) is 5.22. The maximum absolute atomic E-state index is 5.92. The van der Waals surface area contributed by atoms with E-state index in [-0.39, 0.29) is 0 Å². The lowest BCUT2D eigenvalue weighted by Gasteiger charge is -2.14. The van der Waals surface area contributed by atoms with Crippen molar-refractivity contribution >= 4 is 11.6 Å². The molecule has 0 saturated heterocycles. The first-order chi connectivity index (χ1) is 7.24. The second kappa shape index (κ2) is 6.83. The topological polar surface area (TPSA) is 21.3 Å². The third-order valence-electron chi connectivity index (χ3n) is 2.32. The van der Waals surface area contributed by atoms with Crippen LogP contribution in [0.15, 0.2) is 24.3 Å². The molecule has 1 atom stereocenters. The predicted molar refractivity (Wildman–Crippen MR) is 64.4 cm³/mol. The molecule has 0 aliphatic rings. The number of halogens is 1. The molecule has 0 aliphatic heterocycles. The molecule has 1 N–H and O–H groups in total. The van der Waals surface area contributed by atoms with Crippen molar-refractivity contribution in [3.05, 3.63) is 34.9 Å². The van der Waals surface area contributed by atoms with Crippen LogP contribution in [-0.2, 0) is 4.74 Å². The number of hydrogen-bond donors (Lipinski definition) is 1. The molecule has 0 amide bonds. The van der Waals surface area contributed by atoms with E-state index in [1.807, 2.05) is 18.2 Å². The quantitative estimate of drug-likeness (QED) is 0.755. The minimum absolute atomic E-state index is 0.334. The zero-order valence-corrected chi connectivity index (χ0v) is 10.1. The van der Waals surface area contributed by atoms with Gasteiger partial charge in [0.1, 0.15) is 0 Å².